The number of hydrogen-bond acceptors (Lipinski definition) is 2. The van der Waals surface area contributed by atoms with Crippen LogP contribution >= 0.6 is 0 Å². The molecule has 114 valence electrons. The Bertz CT molecular complexity index is 533. The highest BCUT2D eigenvalue weighted by atomic mass is 16.4. The lowest BCUT2D eigenvalue weighted by Gasteiger charge is -2.26. The molecule has 1 fully saturated rings. The number of carboxylic acid groups (broad SMARTS) is 1. The number of amides is 1. The van der Waals surface area contributed by atoms with E-state index in [0.29, 0.717) is 13.0 Å². The minimum absolute atomic E-state index is 0.138. The molecule has 2 rings (SSSR count). The van der Waals surface area contributed by atoms with Gasteiger partial charge in [0.1, 0.15) is 0 Å². The second-order valence-corrected chi connectivity index (χ2v) is 6.44. The summed E-state index contributed by atoms with van der Waals surface area (Å²) in [6.07, 6.45) is 1.47. The van der Waals surface area contributed by atoms with Gasteiger partial charge in [0.25, 0.3) is 0 Å². The van der Waals surface area contributed by atoms with Crippen molar-refractivity contribution in [2.45, 2.75) is 39.0 Å². The summed E-state index contributed by atoms with van der Waals surface area (Å²) in [5.41, 5.74) is 2.29. The summed E-state index contributed by atoms with van der Waals surface area (Å²) >= 11 is 0. The molecular formula is C17H23NO3. The van der Waals surface area contributed by atoms with E-state index in [4.69, 9.17) is 5.11 Å². The van der Waals surface area contributed by atoms with Crippen molar-refractivity contribution in [3.8, 4) is 0 Å². The number of rotatable bonds is 6. The van der Waals surface area contributed by atoms with Crippen molar-refractivity contribution in [3.63, 3.8) is 0 Å². The maximum Gasteiger partial charge on any atom is 0.307 e. The van der Waals surface area contributed by atoms with E-state index in [1.165, 1.54) is 11.1 Å². The minimum Gasteiger partial charge on any atom is -0.481 e. The Morgan fingerprint density at radius 1 is 1.24 bits per heavy atom. The van der Waals surface area contributed by atoms with Crippen LogP contribution in [-0.4, -0.2) is 23.5 Å². The second kappa shape index (κ2) is 5.88. The molecule has 0 aromatic heterocycles. The molecule has 1 amide bonds. The van der Waals surface area contributed by atoms with Crippen LogP contribution in [0, 0.1) is 11.8 Å². The maximum absolute atomic E-state index is 11.9. The van der Waals surface area contributed by atoms with Crippen LogP contribution in [0.1, 0.15) is 38.3 Å². The lowest BCUT2D eigenvalue weighted by atomic mass is 9.84. The summed E-state index contributed by atoms with van der Waals surface area (Å²) in [6.45, 7) is 6.79. The van der Waals surface area contributed by atoms with Crippen LogP contribution in [0.2, 0.25) is 0 Å². The van der Waals surface area contributed by atoms with Gasteiger partial charge in [-0.2, -0.15) is 0 Å². The van der Waals surface area contributed by atoms with E-state index in [-0.39, 0.29) is 17.2 Å². The zero-order valence-electron chi connectivity index (χ0n) is 12.8. The van der Waals surface area contributed by atoms with E-state index >= 15 is 0 Å². The van der Waals surface area contributed by atoms with Gasteiger partial charge < -0.3 is 10.4 Å². The lowest BCUT2D eigenvalue weighted by molar-refractivity contribution is -0.140. The molecule has 0 bridgehead atoms. The van der Waals surface area contributed by atoms with Crippen molar-refractivity contribution in [2.24, 2.45) is 11.8 Å². The largest absolute Gasteiger partial charge is 0.481 e. The summed E-state index contributed by atoms with van der Waals surface area (Å²) in [7, 11) is 0. The van der Waals surface area contributed by atoms with E-state index in [2.05, 4.69) is 50.4 Å². The fourth-order valence-electron chi connectivity index (χ4n) is 2.49. The Labute approximate surface area is 125 Å². The molecule has 0 heterocycles. The molecular weight excluding hydrogens is 266 g/mol. The first-order valence-corrected chi connectivity index (χ1v) is 7.45. The number of carbonyl (C=O) groups excluding carboxylic acids is 1. The van der Waals surface area contributed by atoms with Crippen LogP contribution in [0.25, 0.3) is 0 Å². The minimum atomic E-state index is -0.871. The lowest BCUT2D eigenvalue weighted by Crippen LogP contribution is -2.37. The van der Waals surface area contributed by atoms with Crippen molar-refractivity contribution in [1.82, 2.24) is 5.32 Å². The van der Waals surface area contributed by atoms with Gasteiger partial charge in [0.05, 0.1) is 11.8 Å². The number of carboxylic acids is 1. The van der Waals surface area contributed by atoms with E-state index in [1.807, 2.05) is 0 Å². The average molecular weight is 289 g/mol. The molecule has 21 heavy (non-hydrogen) atoms. The molecule has 4 nitrogen and oxygen atoms in total. The van der Waals surface area contributed by atoms with Gasteiger partial charge in [0.15, 0.2) is 0 Å². The third-order valence-corrected chi connectivity index (χ3v) is 4.29. The highest BCUT2D eigenvalue weighted by Gasteiger charge is 2.48. The van der Waals surface area contributed by atoms with Gasteiger partial charge in [-0.25, -0.2) is 0 Å². The Balaban J connectivity index is 1.91. The van der Waals surface area contributed by atoms with Crippen molar-refractivity contribution in [3.05, 3.63) is 35.4 Å². The average Bonchev–Trinajstić information content (AvgIpc) is 3.25. The van der Waals surface area contributed by atoms with Gasteiger partial charge in [-0.15, -0.1) is 0 Å². The molecule has 0 aliphatic heterocycles. The summed E-state index contributed by atoms with van der Waals surface area (Å²) in [5.74, 6) is -1.84. The van der Waals surface area contributed by atoms with Crippen LogP contribution in [-0.2, 0) is 21.4 Å². The van der Waals surface area contributed by atoms with Crippen LogP contribution in [0.4, 0.5) is 0 Å². The molecule has 2 unspecified atom stereocenters. The number of nitrogens with one attached hydrogen (secondary N) is 1. The zero-order chi connectivity index (χ0) is 15.6. The number of hydrogen-bond donors (Lipinski definition) is 2. The standard InChI is InChI=1S/C17H23NO3/c1-4-11-5-7-12(8-6-11)17(2,3)10-18-15(19)13-9-14(13)16(20)21/h5-8,13-14H,4,9-10H2,1-3H3,(H,18,19)(H,20,21). The maximum atomic E-state index is 11.9. The fourth-order valence-corrected chi connectivity index (χ4v) is 2.49. The Morgan fingerprint density at radius 2 is 1.86 bits per heavy atom. The van der Waals surface area contributed by atoms with E-state index in [0.717, 1.165) is 6.42 Å². The molecule has 2 atom stereocenters. The number of benzene rings is 1. The van der Waals surface area contributed by atoms with Crippen molar-refractivity contribution in [2.75, 3.05) is 6.54 Å². The van der Waals surface area contributed by atoms with Gasteiger partial charge in [-0.3, -0.25) is 9.59 Å². The number of carbonyl (C=O) groups is 2. The summed E-state index contributed by atoms with van der Waals surface area (Å²) < 4.78 is 0. The second-order valence-electron chi connectivity index (χ2n) is 6.44. The predicted octanol–water partition coefficient (Wildman–Crippen LogP) is 2.36. The van der Waals surface area contributed by atoms with Crippen LogP contribution in [0.15, 0.2) is 24.3 Å². The van der Waals surface area contributed by atoms with E-state index < -0.39 is 11.9 Å². The molecule has 1 aromatic rings. The third-order valence-electron chi connectivity index (χ3n) is 4.29. The monoisotopic (exact) mass is 289 g/mol. The summed E-state index contributed by atoms with van der Waals surface area (Å²) in [5, 5.41) is 11.7. The van der Waals surface area contributed by atoms with Crippen LogP contribution in [0.3, 0.4) is 0 Å². The molecule has 4 heteroatoms. The molecule has 2 N–H and O–H groups in total. The van der Waals surface area contributed by atoms with Gasteiger partial charge in [0.2, 0.25) is 5.91 Å². The number of aliphatic carboxylic acids is 1. The van der Waals surface area contributed by atoms with E-state index in [9.17, 15) is 9.59 Å². The van der Waals surface area contributed by atoms with Gasteiger partial charge >= 0.3 is 5.97 Å². The molecule has 1 saturated carbocycles. The smallest absolute Gasteiger partial charge is 0.307 e. The van der Waals surface area contributed by atoms with Crippen LogP contribution < -0.4 is 5.32 Å². The Kier molecular flexibility index (Phi) is 4.35. The highest BCUT2D eigenvalue weighted by molar-refractivity contribution is 5.89. The van der Waals surface area contributed by atoms with Crippen molar-refractivity contribution < 1.29 is 14.7 Å². The summed E-state index contributed by atoms with van der Waals surface area (Å²) in [6, 6.07) is 8.42. The van der Waals surface area contributed by atoms with Crippen LogP contribution in [0.5, 0.6) is 0 Å². The fraction of sp³-hybridized carbons (Fsp3) is 0.529. The molecule has 0 spiro atoms. The first-order valence-electron chi connectivity index (χ1n) is 7.45. The topological polar surface area (TPSA) is 66.4 Å². The highest BCUT2D eigenvalue weighted by Crippen LogP contribution is 2.38. The normalized spacial score (nSPS) is 20.9. The first-order chi connectivity index (χ1) is 9.85. The van der Waals surface area contributed by atoms with Gasteiger partial charge in [0, 0.05) is 12.0 Å². The quantitative estimate of drug-likeness (QED) is 0.845. The zero-order valence-corrected chi connectivity index (χ0v) is 12.8. The number of aryl methyl sites for hydroxylation is 1. The van der Waals surface area contributed by atoms with Crippen molar-refractivity contribution in [1.29, 1.82) is 0 Å². The molecule has 1 aliphatic carbocycles. The predicted molar refractivity (Wildman–Crippen MR) is 81.1 cm³/mol. The molecule has 0 radical (unpaired) electrons. The molecule has 1 aromatic carbocycles. The van der Waals surface area contributed by atoms with Gasteiger partial charge in [-0.1, -0.05) is 45.0 Å². The first kappa shape index (κ1) is 15.5. The van der Waals surface area contributed by atoms with E-state index in [1.54, 1.807) is 0 Å². The third kappa shape index (κ3) is 3.63. The SMILES string of the molecule is CCc1ccc(C(C)(C)CNC(=O)C2CC2C(=O)O)cc1. The Hall–Kier alpha value is -1.84. The molecule has 1 aliphatic rings. The van der Waals surface area contributed by atoms with Crippen molar-refractivity contribution >= 4 is 11.9 Å². The summed E-state index contributed by atoms with van der Waals surface area (Å²) in [4.78, 5) is 22.7. The Morgan fingerprint density at radius 3 is 2.33 bits per heavy atom. The molecule has 0 saturated heterocycles. The van der Waals surface area contributed by atoms with Gasteiger partial charge in [-0.05, 0) is 24.0 Å².